The Hall–Kier alpha value is -1.30. The van der Waals surface area contributed by atoms with Crippen LogP contribution >= 0.6 is 0 Å². The molecule has 0 amide bonds. The highest BCUT2D eigenvalue weighted by molar-refractivity contribution is 5.80. The van der Waals surface area contributed by atoms with Gasteiger partial charge in [-0.05, 0) is 45.1 Å². The SMILES string of the molecule is CCNC(=NC[C@H]1CCCN1CC(C)C)N1CCC(C(=O)OC)CC1. The Balaban J connectivity index is 1.91. The first-order valence-electron chi connectivity index (χ1n) is 9.90. The van der Waals surface area contributed by atoms with E-state index in [4.69, 9.17) is 9.73 Å². The molecule has 2 heterocycles. The van der Waals surface area contributed by atoms with Crippen molar-refractivity contribution >= 4 is 11.9 Å². The van der Waals surface area contributed by atoms with Crippen molar-refractivity contribution in [1.29, 1.82) is 0 Å². The van der Waals surface area contributed by atoms with Crippen LogP contribution in [0.3, 0.4) is 0 Å². The van der Waals surface area contributed by atoms with Gasteiger partial charge < -0.3 is 15.0 Å². The van der Waals surface area contributed by atoms with Crippen LogP contribution in [0, 0.1) is 11.8 Å². The Kier molecular flexibility index (Phi) is 8.00. The third kappa shape index (κ3) is 5.87. The molecular formula is C19H36N4O2. The predicted molar refractivity (Wildman–Crippen MR) is 102 cm³/mol. The maximum atomic E-state index is 11.7. The minimum Gasteiger partial charge on any atom is -0.469 e. The van der Waals surface area contributed by atoms with Gasteiger partial charge in [-0.15, -0.1) is 0 Å². The summed E-state index contributed by atoms with van der Waals surface area (Å²) < 4.78 is 4.88. The minimum absolute atomic E-state index is 0.0421. The zero-order chi connectivity index (χ0) is 18.2. The Bertz CT molecular complexity index is 445. The van der Waals surface area contributed by atoms with E-state index in [-0.39, 0.29) is 11.9 Å². The van der Waals surface area contributed by atoms with Crippen LogP contribution in [0.25, 0.3) is 0 Å². The maximum Gasteiger partial charge on any atom is 0.308 e. The van der Waals surface area contributed by atoms with Crippen LogP contribution in [0.15, 0.2) is 4.99 Å². The van der Waals surface area contributed by atoms with Crippen LogP contribution in [0.2, 0.25) is 0 Å². The number of guanidine groups is 1. The molecule has 1 atom stereocenters. The van der Waals surface area contributed by atoms with Crippen molar-refractivity contribution in [2.75, 3.05) is 46.4 Å². The topological polar surface area (TPSA) is 57.2 Å². The van der Waals surface area contributed by atoms with Gasteiger partial charge in [0, 0.05) is 32.2 Å². The molecule has 0 aromatic heterocycles. The summed E-state index contributed by atoms with van der Waals surface area (Å²) in [5.41, 5.74) is 0. The molecule has 6 nitrogen and oxygen atoms in total. The largest absolute Gasteiger partial charge is 0.469 e. The molecule has 1 N–H and O–H groups in total. The Morgan fingerprint density at radius 2 is 1.96 bits per heavy atom. The van der Waals surface area contributed by atoms with Gasteiger partial charge in [0.15, 0.2) is 5.96 Å². The molecule has 2 saturated heterocycles. The number of rotatable bonds is 6. The fraction of sp³-hybridized carbons (Fsp3) is 0.895. The second-order valence-corrected chi connectivity index (χ2v) is 7.66. The number of nitrogens with zero attached hydrogens (tertiary/aromatic N) is 3. The molecule has 0 spiro atoms. The van der Waals surface area contributed by atoms with Gasteiger partial charge in [-0.25, -0.2) is 0 Å². The molecule has 0 saturated carbocycles. The first-order valence-corrected chi connectivity index (χ1v) is 9.90. The third-order valence-corrected chi connectivity index (χ3v) is 5.21. The number of piperidine rings is 1. The molecule has 0 aromatic carbocycles. The summed E-state index contributed by atoms with van der Waals surface area (Å²) in [5, 5.41) is 3.43. The van der Waals surface area contributed by atoms with Gasteiger partial charge in [0.1, 0.15) is 0 Å². The van der Waals surface area contributed by atoms with E-state index in [0.717, 1.165) is 45.0 Å². The summed E-state index contributed by atoms with van der Waals surface area (Å²) in [6, 6.07) is 0.573. The lowest BCUT2D eigenvalue weighted by Crippen LogP contribution is -2.47. The third-order valence-electron chi connectivity index (χ3n) is 5.21. The lowest BCUT2D eigenvalue weighted by atomic mass is 9.97. The number of carbonyl (C=O) groups excluding carboxylic acids is 1. The predicted octanol–water partition coefficient (Wildman–Crippen LogP) is 1.96. The van der Waals surface area contributed by atoms with Gasteiger partial charge in [-0.1, -0.05) is 13.8 Å². The molecular weight excluding hydrogens is 316 g/mol. The first-order chi connectivity index (χ1) is 12.0. The van der Waals surface area contributed by atoms with Crippen molar-refractivity contribution in [2.45, 2.75) is 52.5 Å². The molecule has 0 bridgehead atoms. The molecule has 0 unspecified atom stereocenters. The molecule has 25 heavy (non-hydrogen) atoms. The fourth-order valence-corrected chi connectivity index (χ4v) is 3.92. The zero-order valence-corrected chi connectivity index (χ0v) is 16.5. The second-order valence-electron chi connectivity index (χ2n) is 7.66. The molecule has 2 rings (SSSR count). The minimum atomic E-state index is -0.0723. The van der Waals surface area contributed by atoms with Gasteiger partial charge in [0.05, 0.1) is 19.6 Å². The number of esters is 1. The van der Waals surface area contributed by atoms with Crippen LogP contribution in [0.5, 0.6) is 0 Å². The first kappa shape index (κ1) is 20.0. The highest BCUT2D eigenvalue weighted by Gasteiger charge is 2.28. The summed E-state index contributed by atoms with van der Waals surface area (Å²) >= 11 is 0. The number of hydrogen-bond donors (Lipinski definition) is 1. The van der Waals surface area contributed by atoms with Crippen molar-refractivity contribution in [3.63, 3.8) is 0 Å². The number of methoxy groups -OCH3 is 1. The van der Waals surface area contributed by atoms with E-state index < -0.39 is 0 Å². The molecule has 0 aromatic rings. The van der Waals surface area contributed by atoms with Gasteiger partial charge in [-0.2, -0.15) is 0 Å². The van der Waals surface area contributed by atoms with E-state index in [9.17, 15) is 4.79 Å². The number of aliphatic imine (C=N–C) groups is 1. The molecule has 0 aliphatic carbocycles. The van der Waals surface area contributed by atoms with E-state index in [1.807, 2.05) is 0 Å². The van der Waals surface area contributed by atoms with Crippen molar-refractivity contribution in [1.82, 2.24) is 15.1 Å². The summed E-state index contributed by atoms with van der Waals surface area (Å²) in [6.07, 6.45) is 4.23. The summed E-state index contributed by atoms with van der Waals surface area (Å²) in [5.74, 6) is 1.68. The van der Waals surface area contributed by atoms with E-state index in [2.05, 4.69) is 35.9 Å². The van der Waals surface area contributed by atoms with E-state index in [0.29, 0.717) is 12.0 Å². The number of carbonyl (C=O) groups is 1. The van der Waals surface area contributed by atoms with Crippen molar-refractivity contribution in [3.05, 3.63) is 0 Å². The highest BCUT2D eigenvalue weighted by atomic mass is 16.5. The number of ether oxygens (including phenoxy) is 1. The van der Waals surface area contributed by atoms with Gasteiger partial charge >= 0.3 is 5.97 Å². The van der Waals surface area contributed by atoms with Crippen molar-refractivity contribution < 1.29 is 9.53 Å². The van der Waals surface area contributed by atoms with Crippen LogP contribution in [-0.4, -0.2) is 74.1 Å². The summed E-state index contributed by atoms with van der Waals surface area (Å²) in [6.45, 7) is 12.5. The zero-order valence-electron chi connectivity index (χ0n) is 16.5. The lowest BCUT2D eigenvalue weighted by molar-refractivity contribution is -0.146. The van der Waals surface area contributed by atoms with Crippen molar-refractivity contribution in [2.24, 2.45) is 16.8 Å². The Labute approximate surface area is 153 Å². The molecule has 6 heteroatoms. The quantitative estimate of drug-likeness (QED) is 0.450. The summed E-state index contributed by atoms with van der Waals surface area (Å²) in [7, 11) is 1.48. The van der Waals surface area contributed by atoms with Crippen LogP contribution in [0.4, 0.5) is 0 Å². The Morgan fingerprint density at radius 3 is 2.56 bits per heavy atom. The Morgan fingerprint density at radius 1 is 1.24 bits per heavy atom. The number of nitrogens with one attached hydrogen (secondary N) is 1. The van der Waals surface area contributed by atoms with E-state index in [1.54, 1.807) is 0 Å². The molecule has 144 valence electrons. The lowest BCUT2D eigenvalue weighted by Gasteiger charge is -2.33. The van der Waals surface area contributed by atoms with Crippen LogP contribution in [0.1, 0.15) is 46.5 Å². The molecule has 2 fully saturated rings. The molecule has 2 aliphatic heterocycles. The standard InChI is InChI=1S/C19H36N4O2/c1-5-20-19(22-11-8-16(9-12-22)18(24)25-4)21-13-17-7-6-10-23(17)14-15(2)3/h15-17H,5-14H2,1-4H3,(H,20,21)/t17-/m1/s1. The second kappa shape index (κ2) is 10.00. The monoisotopic (exact) mass is 352 g/mol. The van der Waals surface area contributed by atoms with Crippen molar-refractivity contribution in [3.8, 4) is 0 Å². The highest BCUT2D eigenvalue weighted by Crippen LogP contribution is 2.20. The maximum absolute atomic E-state index is 11.7. The summed E-state index contributed by atoms with van der Waals surface area (Å²) in [4.78, 5) is 21.5. The fourth-order valence-electron chi connectivity index (χ4n) is 3.92. The average Bonchev–Trinajstić information content (AvgIpc) is 3.04. The van der Waals surface area contributed by atoms with E-state index >= 15 is 0 Å². The number of hydrogen-bond acceptors (Lipinski definition) is 4. The molecule has 0 radical (unpaired) electrons. The van der Waals surface area contributed by atoms with Crippen LogP contribution in [-0.2, 0) is 9.53 Å². The molecule has 2 aliphatic rings. The van der Waals surface area contributed by atoms with Gasteiger partial charge in [0.25, 0.3) is 0 Å². The van der Waals surface area contributed by atoms with Gasteiger partial charge in [-0.3, -0.25) is 14.7 Å². The van der Waals surface area contributed by atoms with E-state index in [1.165, 1.54) is 33.0 Å². The normalized spacial score (nSPS) is 23.3. The van der Waals surface area contributed by atoms with Crippen LogP contribution < -0.4 is 5.32 Å². The number of likely N-dealkylation sites (tertiary alicyclic amines) is 2. The van der Waals surface area contributed by atoms with Gasteiger partial charge in [0.2, 0.25) is 0 Å². The average molecular weight is 353 g/mol. The smallest absolute Gasteiger partial charge is 0.308 e.